The summed E-state index contributed by atoms with van der Waals surface area (Å²) in [5.41, 5.74) is 1.81. The average Bonchev–Trinajstić information content (AvgIpc) is 2.86. The van der Waals surface area contributed by atoms with Gasteiger partial charge in [0.1, 0.15) is 0 Å². The maximum absolute atomic E-state index is 4.37. The quantitative estimate of drug-likeness (QED) is 0.601. The Morgan fingerprint density at radius 1 is 1.14 bits per heavy atom. The van der Waals surface area contributed by atoms with Crippen LogP contribution in [0.3, 0.4) is 0 Å². The maximum atomic E-state index is 4.37. The van der Waals surface area contributed by atoms with Gasteiger partial charge in [-0.05, 0) is 6.07 Å². The van der Waals surface area contributed by atoms with Gasteiger partial charge in [-0.25, -0.2) is 9.97 Å². The highest BCUT2D eigenvalue weighted by atomic mass is 15.0. The van der Waals surface area contributed by atoms with Crippen LogP contribution in [0.1, 0.15) is 0 Å². The zero-order valence-corrected chi connectivity index (χ0v) is 7.23. The van der Waals surface area contributed by atoms with Gasteiger partial charge in [0.05, 0.1) is 17.2 Å². The molecule has 5 nitrogen and oxygen atoms in total. The van der Waals surface area contributed by atoms with Crippen LogP contribution in [-0.4, -0.2) is 24.9 Å². The molecule has 0 aliphatic heterocycles. The third kappa shape index (κ3) is 0.990. The number of pyridine rings is 1. The zero-order valence-electron chi connectivity index (χ0n) is 7.23. The first kappa shape index (κ1) is 7.25. The fourth-order valence-electron chi connectivity index (χ4n) is 1.36. The maximum Gasteiger partial charge on any atom is 0.174 e. The predicted octanol–water partition coefficient (Wildman–Crippen LogP) is 1.35. The number of imidazole rings is 2. The van der Waals surface area contributed by atoms with Gasteiger partial charge in [-0.1, -0.05) is 0 Å². The molecule has 0 atom stereocenters. The largest absolute Gasteiger partial charge is 0.342 e. The minimum absolute atomic E-state index is 0.734. The predicted molar refractivity (Wildman–Crippen MR) is 51.5 cm³/mol. The van der Waals surface area contributed by atoms with Gasteiger partial charge in [-0.2, -0.15) is 0 Å². The van der Waals surface area contributed by atoms with Crippen LogP contribution >= 0.6 is 0 Å². The summed E-state index contributed by atoms with van der Waals surface area (Å²) in [5.74, 6) is 1.47. The molecule has 3 aromatic heterocycles. The second-order valence-electron chi connectivity index (χ2n) is 2.92. The van der Waals surface area contributed by atoms with Gasteiger partial charge in [0, 0.05) is 18.6 Å². The molecule has 0 amide bonds. The topological polar surface area (TPSA) is 70.2 Å². The Kier molecular flexibility index (Phi) is 1.38. The summed E-state index contributed by atoms with van der Waals surface area (Å²) in [6.07, 6.45) is 6.92. The van der Waals surface area contributed by atoms with E-state index in [2.05, 4.69) is 24.9 Å². The van der Waals surface area contributed by atoms with Crippen LogP contribution < -0.4 is 0 Å². The van der Waals surface area contributed by atoms with Crippen LogP contribution in [-0.2, 0) is 0 Å². The van der Waals surface area contributed by atoms with Crippen molar-refractivity contribution in [3.8, 4) is 11.6 Å². The van der Waals surface area contributed by atoms with Crippen molar-refractivity contribution in [1.29, 1.82) is 0 Å². The molecular formula is C9H7N5. The van der Waals surface area contributed by atoms with Gasteiger partial charge in [0.2, 0.25) is 0 Å². The number of aromatic amines is 2. The molecule has 0 saturated heterocycles. The molecule has 0 aliphatic carbocycles. The van der Waals surface area contributed by atoms with Crippen molar-refractivity contribution in [2.24, 2.45) is 0 Å². The normalized spacial score (nSPS) is 10.9. The van der Waals surface area contributed by atoms with Gasteiger partial charge in [-0.3, -0.25) is 4.98 Å². The highest BCUT2D eigenvalue weighted by Gasteiger charge is 2.05. The Hall–Kier alpha value is -2.17. The lowest BCUT2D eigenvalue weighted by Crippen LogP contribution is -1.81. The molecule has 0 fully saturated rings. The monoisotopic (exact) mass is 185 g/mol. The Morgan fingerprint density at radius 3 is 2.93 bits per heavy atom. The molecule has 3 rings (SSSR count). The van der Waals surface area contributed by atoms with Crippen LogP contribution in [0.4, 0.5) is 0 Å². The number of fused-ring (bicyclic) bond motifs is 1. The van der Waals surface area contributed by atoms with E-state index >= 15 is 0 Å². The lowest BCUT2D eigenvalue weighted by Gasteiger charge is -1.85. The molecule has 3 aromatic rings. The number of nitrogens with one attached hydrogen (secondary N) is 2. The molecule has 0 aromatic carbocycles. The summed E-state index contributed by atoms with van der Waals surface area (Å²) in [5, 5.41) is 0. The lowest BCUT2D eigenvalue weighted by molar-refractivity contribution is 1.21. The first-order valence-electron chi connectivity index (χ1n) is 4.23. The molecule has 0 aliphatic rings. The smallest absolute Gasteiger partial charge is 0.174 e. The number of rotatable bonds is 1. The molecule has 0 spiro atoms. The molecule has 5 heteroatoms. The molecule has 14 heavy (non-hydrogen) atoms. The summed E-state index contributed by atoms with van der Waals surface area (Å²) >= 11 is 0. The first-order chi connectivity index (χ1) is 6.93. The Morgan fingerprint density at radius 2 is 2.14 bits per heavy atom. The summed E-state index contributed by atoms with van der Waals surface area (Å²) < 4.78 is 0. The SMILES string of the molecule is c1cc2nc(-c3ncc[nH]3)[nH]c2cn1. The fraction of sp³-hybridized carbons (Fsp3) is 0. The summed E-state index contributed by atoms with van der Waals surface area (Å²) in [6.45, 7) is 0. The van der Waals surface area contributed by atoms with Gasteiger partial charge in [0.25, 0.3) is 0 Å². The minimum atomic E-state index is 0.734. The van der Waals surface area contributed by atoms with Crippen molar-refractivity contribution in [3.05, 3.63) is 30.9 Å². The van der Waals surface area contributed by atoms with Crippen molar-refractivity contribution in [2.45, 2.75) is 0 Å². The van der Waals surface area contributed by atoms with E-state index in [1.807, 2.05) is 6.07 Å². The van der Waals surface area contributed by atoms with Crippen LogP contribution in [0.5, 0.6) is 0 Å². The van der Waals surface area contributed by atoms with Gasteiger partial charge >= 0.3 is 0 Å². The zero-order chi connectivity index (χ0) is 9.38. The second kappa shape index (κ2) is 2.66. The van der Waals surface area contributed by atoms with Crippen molar-refractivity contribution < 1.29 is 0 Å². The highest BCUT2D eigenvalue weighted by molar-refractivity contribution is 5.76. The molecule has 68 valence electrons. The average molecular weight is 185 g/mol. The van der Waals surface area contributed by atoms with Crippen molar-refractivity contribution in [3.63, 3.8) is 0 Å². The fourth-order valence-corrected chi connectivity index (χ4v) is 1.36. The van der Waals surface area contributed by atoms with Crippen LogP contribution in [0.15, 0.2) is 30.9 Å². The summed E-state index contributed by atoms with van der Waals surface area (Å²) in [7, 11) is 0. The van der Waals surface area contributed by atoms with Crippen molar-refractivity contribution in [1.82, 2.24) is 24.9 Å². The first-order valence-corrected chi connectivity index (χ1v) is 4.23. The third-order valence-electron chi connectivity index (χ3n) is 2.01. The number of nitrogens with zero attached hydrogens (tertiary/aromatic N) is 3. The van der Waals surface area contributed by atoms with E-state index in [-0.39, 0.29) is 0 Å². The summed E-state index contributed by atoms with van der Waals surface area (Å²) in [4.78, 5) is 18.6. The minimum Gasteiger partial charge on any atom is -0.342 e. The van der Waals surface area contributed by atoms with Gasteiger partial charge in [0.15, 0.2) is 11.6 Å². The van der Waals surface area contributed by atoms with Crippen molar-refractivity contribution in [2.75, 3.05) is 0 Å². The molecular weight excluding hydrogens is 178 g/mol. The van der Waals surface area contributed by atoms with E-state index in [1.54, 1.807) is 24.8 Å². The van der Waals surface area contributed by atoms with Crippen LogP contribution in [0, 0.1) is 0 Å². The molecule has 2 N–H and O–H groups in total. The lowest BCUT2D eigenvalue weighted by atomic mass is 10.4. The van der Waals surface area contributed by atoms with Crippen molar-refractivity contribution >= 4 is 11.0 Å². The summed E-state index contributed by atoms with van der Waals surface area (Å²) in [6, 6.07) is 1.86. The molecule has 3 heterocycles. The Balaban J connectivity index is 2.24. The number of hydrogen-bond acceptors (Lipinski definition) is 3. The second-order valence-corrected chi connectivity index (χ2v) is 2.92. The molecule has 0 radical (unpaired) electrons. The Labute approximate surface area is 79.2 Å². The Bertz CT molecular complexity index is 518. The van der Waals surface area contributed by atoms with E-state index in [0.29, 0.717) is 0 Å². The number of hydrogen-bond donors (Lipinski definition) is 2. The molecule has 0 bridgehead atoms. The van der Waals surface area contributed by atoms with Gasteiger partial charge in [-0.15, -0.1) is 0 Å². The molecule has 0 unspecified atom stereocenters. The van der Waals surface area contributed by atoms with Crippen LogP contribution in [0.25, 0.3) is 22.7 Å². The van der Waals surface area contributed by atoms with E-state index in [0.717, 1.165) is 22.7 Å². The van der Waals surface area contributed by atoms with E-state index in [9.17, 15) is 0 Å². The van der Waals surface area contributed by atoms with Gasteiger partial charge < -0.3 is 9.97 Å². The van der Waals surface area contributed by atoms with E-state index in [1.165, 1.54) is 0 Å². The van der Waals surface area contributed by atoms with Crippen LogP contribution in [0.2, 0.25) is 0 Å². The van der Waals surface area contributed by atoms with E-state index in [4.69, 9.17) is 0 Å². The number of aromatic nitrogens is 5. The molecule has 0 saturated carbocycles. The third-order valence-corrected chi connectivity index (χ3v) is 2.01. The standard InChI is InChI=1S/C9H7N5/c1-2-10-5-7-6(1)13-9(14-7)8-11-3-4-12-8/h1-5H,(H,11,12)(H,13,14). The highest BCUT2D eigenvalue weighted by Crippen LogP contribution is 2.15. The van der Waals surface area contributed by atoms with E-state index < -0.39 is 0 Å². The number of H-pyrrole nitrogens is 2.